The predicted octanol–water partition coefficient (Wildman–Crippen LogP) is 3.60. The van der Waals surface area contributed by atoms with E-state index in [0.717, 1.165) is 11.1 Å². The lowest BCUT2D eigenvalue weighted by molar-refractivity contribution is 0.134. The molecule has 0 aliphatic rings. The van der Waals surface area contributed by atoms with E-state index in [1.54, 1.807) is 18.3 Å². The maximum Gasteiger partial charge on any atom is 0.408 e. The first-order chi connectivity index (χ1) is 11.6. The van der Waals surface area contributed by atoms with Crippen molar-refractivity contribution < 1.29 is 14.3 Å². The molecule has 0 spiro atoms. The lowest BCUT2D eigenvalue weighted by Gasteiger charge is -2.17. The number of nitrogens with zero attached hydrogens (tertiary/aromatic N) is 2. The first-order valence-corrected chi connectivity index (χ1v) is 7.44. The van der Waals surface area contributed by atoms with Crippen LogP contribution in [0.2, 0.25) is 0 Å². The Morgan fingerprint density at radius 1 is 1.12 bits per heavy atom. The highest BCUT2D eigenvalue weighted by Gasteiger charge is 2.16. The minimum absolute atomic E-state index is 0.0759. The molecular weight excluding hydrogens is 306 g/mol. The third kappa shape index (κ3) is 3.73. The van der Waals surface area contributed by atoms with E-state index in [4.69, 9.17) is 10.2 Å². The summed E-state index contributed by atoms with van der Waals surface area (Å²) in [6.45, 7) is 0.346. The van der Waals surface area contributed by atoms with Gasteiger partial charge in [-0.15, -0.1) is 0 Å². The van der Waals surface area contributed by atoms with Gasteiger partial charge in [-0.1, -0.05) is 42.5 Å². The third-order valence-electron chi connectivity index (χ3n) is 3.54. The molecule has 0 radical (unpaired) electrons. The van der Waals surface area contributed by atoms with Gasteiger partial charge in [0.15, 0.2) is 5.76 Å². The molecule has 6 nitrogen and oxygen atoms in total. The van der Waals surface area contributed by atoms with Crippen molar-refractivity contribution in [2.24, 2.45) is 0 Å². The minimum Gasteiger partial charge on any atom is -0.465 e. The first kappa shape index (κ1) is 15.6. The number of anilines is 1. The Bertz CT molecular complexity index is 830. The molecule has 0 aliphatic carbocycles. The first-order valence-electron chi connectivity index (χ1n) is 7.44. The van der Waals surface area contributed by atoms with Gasteiger partial charge in [0.25, 0.3) is 0 Å². The Balaban J connectivity index is 1.75. The molecule has 0 aliphatic heterocycles. The van der Waals surface area contributed by atoms with Crippen molar-refractivity contribution in [1.29, 1.82) is 0 Å². The van der Waals surface area contributed by atoms with E-state index in [2.05, 4.69) is 4.98 Å². The molecule has 6 heteroatoms. The van der Waals surface area contributed by atoms with Crippen molar-refractivity contribution in [3.63, 3.8) is 0 Å². The van der Waals surface area contributed by atoms with Gasteiger partial charge < -0.3 is 15.3 Å². The fourth-order valence-corrected chi connectivity index (χ4v) is 2.37. The van der Waals surface area contributed by atoms with Crippen LogP contribution in [-0.2, 0) is 13.1 Å². The molecule has 1 heterocycles. The van der Waals surface area contributed by atoms with E-state index in [1.165, 1.54) is 4.90 Å². The quantitative estimate of drug-likeness (QED) is 0.700. The van der Waals surface area contributed by atoms with Crippen molar-refractivity contribution in [2.75, 3.05) is 5.73 Å². The predicted molar refractivity (Wildman–Crippen MR) is 90.1 cm³/mol. The molecule has 3 aromatic rings. The molecule has 0 unspecified atom stereocenters. The number of aromatic nitrogens is 1. The van der Waals surface area contributed by atoms with Gasteiger partial charge in [0, 0.05) is 17.8 Å². The summed E-state index contributed by atoms with van der Waals surface area (Å²) < 4.78 is 5.67. The standard InChI is InChI=1S/C18H17N3O3/c19-15-8-4-7-14(9-15)16-10-20-17(24-16)12-21(18(22)23)11-13-5-2-1-3-6-13/h1-10H,11-12,19H2,(H,22,23). The van der Waals surface area contributed by atoms with Gasteiger partial charge in [-0.3, -0.25) is 4.90 Å². The zero-order valence-corrected chi connectivity index (χ0v) is 12.9. The van der Waals surface area contributed by atoms with E-state index in [0.29, 0.717) is 17.3 Å². The van der Waals surface area contributed by atoms with E-state index >= 15 is 0 Å². The zero-order chi connectivity index (χ0) is 16.9. The highest BCUT2D eigenvalue weighted by molar-refractivity contribution is 5.65. The summed E-state index contributed by atoms with van der Waals surface area (Å²) in [7, 11) is 0. The number of carbonyl (C=O) groups is 1. The number of hydrogen-bond acceptors (Lipinski definition) is 4. The summed E-state index contributed by atoms with van der Waals surface area (Å²) in [6.07, 6.45) is 0.551. The second-order valence-electron chi connectivity index (χ2n) is 5.37. The molecule has 24 heavy (non-hydrogen) atoms. The van der Waals surface area contributed by atoms with Gasteiger partial charge in [0.1, 0.15) is 6.54 Å². The molecule has 122 valence electrons. The Hall–Kier alpha value is -3.28. The van der Waals surface area contributed by atoms with Gasteiger partial charge >= 0.3 is 6.09 Å². The number of amides is 1. The Morgan fingerprint density at radius 2 is 1.92 bits per heavy atom. The average Bonchev–Trinajstić information content (AvgIpc) is 3.04. The highest BCUT2D eigenvalue weighted by atomic mass is 16.4. The Labute approximate surface area is 139 Å². The highest BCUT2D eigenvalue weighted by Crippen LogP contribution is 2.23. The van der Waals surface area contributed by atoms with Crippen molar-refractivity contribution in [1.82, 2.24) is 9.88 Å². The SMILES string of the molecule is Nc1cccc(-c2cnc(CN(Cc3ccccc3)C(=O)O)o2)c1. The second-order valence-corrected chi connectivity index (χ2v) is 5.37. The smallest absolute Gasteiger partial charge is 0.408 e. The molecule has 0 atom stereocenters. The fourth-order valence-electron chi connectivity index (χ4n) is 2.37. The van der Waals surface area contributed by atoms with Crippen molar-refractivity contribution >= 4 is 11.8 Å². The molecular formula is C18H17N3O3. The number of benzene rings is 2. The van der Waals surface area contributed by atoms with Crippen LogP contribution in [0.3, 0.4) is 0 Å². The van der Waals surface area contributed by atoms with Crippen LogP contribution < -0.4 is 5.73 Å². The zero-order valence-electron chi connectivity index (χ0n) is 12.9. The number of oxazole rings is 1. The molecule has 3 rings (SSSR count). The fraction of sp³-hybridized carbons (Fsp3) is 0.111. The number of nitrogens with two attached hydrogens (primary N) is 1. The number of hydrogen-bond donors (Lipinski definition) is 2. The summed E-state index contributed by atoms with van der Waals surface area (Å²) in [5.41, 5.74) is 8.10. The van der Waals surface area contributed by atoms with E-state index in [-0.39, 0.29) is 13.1 Å². The van der Waals surface area contributed by atoms with Crippen LogP contribution >= 0.6 is 0 Å². The van der Waals surface area contributed by atoms with Crippen LogP contribution in [0.4, 0.5) is 10.5 Å². The lowest BCUT2D eigenvalue weighted by atomic mass is 10.2. The van der Waals surface area contributed by atoms with Crippen LogP contribution in [0.25, 0.3) is 11.3 Å². The van der Waals surface area contributed by atoms with Crippen LogP contribution in [0.5, 0.6) is 0 Å². The molecule has 0 saturated carbocycles. The van der Waals surface area contributed by atoms with Crippen molar-refractivity contribution in [3.8, 4) is 11.3 Å². The van der Waals surface area contributed by atoms with Crippen molar-refractivity contribution in [3.05, 3.63) is 72.2 Å². The average molecular weight is 323 g/mol. The number of carboxylic acid groups (broad SMARTS) is 1. The third-order valence-corrected chi connectivity index (χ3v) is 3.54. The molecule has 1 aromatic heterocycles. The van der Waals surface area contributed by atoms with E-state index < -0.39 is 6.09 Å². The van der Waals surface area contributed by atoms with Crippen LogP contribution in [0.15, 0.2) is 65.2 Å². The van der Waals surface area contributed by atoms with Gasteiger partial charge in [-0.25, -0.2) is 9.78 Å². The molecule has 0 saturated heterocycles. The summed E-state index contributed by atoms with van der Waals surface area (Å²) >= 11 is 0. The monoisotopic (exact) mass is 323 g/mol. The van der Waals surface area contributed by atoms with Crippen LogP contribution in [0, 0.1) is 0 Å². The van der Waals surface area contributed by atoms with E-state index in [9.17, 15) is 9.90 Å². The normalized spacial score (nSPS) is 10.5. The number of rotatable bonds is 5. The van der Waals surface area contributed by atoms with Gasteiger partial charge in [-0.05, 0) is 17.7 Å². The maximum atomic E-state index is 11.5. The number of nitrogen functional groups attached to an aromatic ring is 1. The summed E-state index contributed by atoms with van der Waals surface area (Å²) in [5, 5.41) is 9.40. The molecule has 0 fully saturated rings. The Morgan fingerprint density at radius 3 is 2.62 bits per heavy atom. The summed E-state index contributed by atoms with van der Waals surface area (Å²) in [6, 6.07) is 16.6. The van der Waals surface area contributed by atoms with E-state index in [1.807, 2.05) is 42.5 Å². The largest absolute Gasteiger partial charge is 0.465 e. The van der Waals surface area contributed by atoms with Crippen LogP contribution in [0.1, 0.15) is 11.5 Å². The molecule has 2 aromatic carbocycles. The lowest BCUT2D eigenvalue weighted by Crippen LogP contribution is -2.28. The van der Waals surface area contributed by atoms with Crippen LogP contribution in [-0.4, -0.2) is 21.1 Å². The van der Waals surface area contributed by atoms with Crippen molar-refractivity contribution in [2.45, 2.75) is 13.1 Å². The topological polar surface area (TPSA) is 92.6 Å². The second kappa shape index (κ2) is 6.87. The summed E-state index contributed by atoms with van der Waals surface area (Å²) in [5.74, 6) is 0.896. The Kier molecular flexibility index (Phi) is 4.47. The summed E-state index contributed by atoms with van der Waals surface area (Å²) in [4.78, 5) is 16.9. The van der Waals surface area contributed by atoms with Gasteiger partial charge in [0.2, 0.25) is 5.89 Å². The van der Waals surface area contributed by atoms with Gasteiger partial charge in [0.05, 0.1) is 6.20 Å². The molecule has 3 N–H and O–H groups in total. The molecule has 1 amide bonds. The minimum atomic E-state index is -1.03. The van der Waals surface area contributed by atoms with Gasteiger partial charge in [-0.2, -0.15) is 0 Å². The maximum absolute atomic E-state index is 11.5. The molecule has 0 bridgehead atoms.